The van der Waals surface area contributed by atoms with E-state index in [-0.39, 0.29) is 7.43 Å². The maximum absolute atomic E-state index is 4.21. The third-order valence-corrected chi connectivity index (χ3v) is 1.63. The molecule has 0 aliphatic carbocycles. The summed E-state index contributed by atoms with van der Waals surface area (Å²) < 4.78 is 1.97. The molecule has 0 atom stereocenters. The van der Waals surface area contributed by atoms with Crippen molar-refractivity contribution in [2.45, 2.75) is 27.7 Å². The first-order valence-electron chi connectivity index (χ1n) is 5.84. The van der Waals surface area contributed by atoms with E-state index < -0.39 is 0 Å². The van der Waals surface area contributed by atoms with E-state index in [2.05, 4.69) is 4.98 Å². The monoisotopic (exact) mass is 232 g/mol. The summed E-state index contributed by atoms with van der Waals surface area (Å²) in [6, 6.07) is 11.8. The number of nitrogens with zero attached hydrogens (tertiary/aromatic N) is 2. The molecule has 0 radical (unpaired) electrons. The lowest BCUT2D eigenvalue weighted by Gasteiger charge is -1.91. The predicted octanol–water partition coefficient (Wildman–Crippen LogP) is 3.86. The highest BCUT2D eigenvalue weighted by Gasteiger charge is 2.01. The Morgan fingerprint density at radius 2 is 1.41 bits per heavy atom. The minimum absolute atomic E-state index is 0. The van der Waals surface area contributed by atoms with Crippen LogP contribution >= 0.6 is 0 Å². The van der Waals surface area contributed by atoms with E-state index in [1.807, 2.05) is 81.1 Å². The second-order valence-corrected chi connectivity index (χ2v) is 2.47. The summed E-state index contributed by atoms with van der Waals surface area (Å²) in [7, 11) is 0. The van der Waals surface area contributed by atoms with E-state index in [9.17, 15) is 0 Å². The average molecular weight is 232 g/mol. The first-order chi connectivity index (χ1) is 7.97. The zero-order valence-electron chi connectivity index (χ0n) is 11.6. The van der Waals surface area contributed by atoms with E-state index >= 15 is 0 Å². The summed E-state index contributed by atoms with van der Waals surface area (Å²) in [4.78, 5) is 4.21. The predicted molar refractivity (Wildman–Crippen MR) is 74.9 cm³/mol. The van der Waals surface area contributed by atoms with Gasteiger partial charge in [-0.25, -0.2) is 4.57 Å². The van der Waals surface area contributed by atoms with E-state index in [0.717, 1.165) is 5.82 Å². The lowest BCUT2D eigenvalue weighted by molar-refractivity contribution is -0.599. The van der Waals surface area contributed by atoms with Gasteiger partial charge in [-0.15, -0.1) is 0 Å². The Balaban J connectivity index is 0. The molecule has 2 heterocycles. The van der Waals surface area contributed by atoms with Gasteiger partial charge in [0.1, 0.15) is 6.20 Å². The van der Waals surface area contributed by atoms with Crippen molar-refractivity contribution in [1.82, 2.24) is 4.98 Å². The van der Waals surface area contributed by atoms with Crippen LogP contribution in [-0.2, 0) is 0 Å². The van der Waals surface area contributed by atoms with Gasteiger partial charge in [0, 0.05) is 6.07 Å². The summed E-state index contributed by atoms with van der Waals surface area (Å²) in [5.74, 6) is 0.943. The lowest BCUT2D eigenvalue weighted by Crippen LogP contribution is -2.29. The van der Waals surface area contributed by atoms with Crippen LogP contribution in [0.25, 0.3) is 5.82 Å². The zero-order chi connectivity index (χ0) is 12.2. The van der Waals surface area contributed by atoms with Crippen LogP contribution in [0.2, 0.25) is 0 Å². The van der Waals surface area contributed by atoms with Crippen LogP contribution in [0.1, 0.15) is 27.7 Å². The molecule has 0 amide bonds. The third-order valence-electron chi connectivity index (χ3n) is 1.63. The topological polar surface area (TPSA) is 16.8 Å². The highest BCUT2D eigenvalue weighted by Crippen LogP contribution is 1.91. The molecule has 0 unspecified atom stereocenters. The molecule has 0 fully saturated rings. The van der Waals surface area contributed by atoms with Crippen LogP contribution in [0.4, 0.5) is 0 Å². The molecule has 2 aromatic heterocycles. The Morgan fingerprint density at radius 3 is 1.88 bits per heavy atom. The van der Waals surface area contributed by atoms with Crippen molar-refractivity contribution in [3.05, 3.63) is 62.4 Å². The number of rotatable bonds is 1. The van der Waals surface area contributed by atoms with Crippen molar-refractivity contribution < 1.29 is 4.57 Å². The van der Waals surface area contributed by atoms with Crippen LogP contribution < -0.4 is 4.57 Å². The van der Waals surface area contributed by atoms with Crippen molar-refractivity contribution in [1.29, 1.82) is 0 Å². The maximum atomic E-state index is 4.21. The van der Waals surface area contributed by atoms with Crippen molar-refractivity contribution in [2.24, 2.45) is 0 Å². The highest BCUT2D eigenvalue weighted by molar-refractivity contribution is 5.09. The Kier molecular flexibility index (Phi) is 12.9. The fourth-order valence-corrected chi connectivity index (χ4v) is 1.06. The van der Waals surface area contributed by atoms with Gasteiger partial charge >= 0.3 is 5.82 Å². The molecule has 0 aliphatic rings. The van der Waals surface area contributed by atoms with Crippen LogP contribution in [0.3, 0.4) is 0 Å². The number of aromatic nitrogens is 2. The van der Waals surface area contributed by atoms with Crippen LogP contribution in [0, 0.1) is 7.43 Å². The lowest BCUT2D eigenvalue weighted by atomic mass is 10.4. The van der Waals surface area contributed by atoms with Crippen LogP contribution in [-0.4, -0.2) is 4.98 Å². The van der Waals surface area contributed by atoms with Gasteiger partial charge in [0.15, 0.2) is 0 Å². The molecule has 17 heavy (non-hydrogen) atoms. The first-order valence-corrected chi connectivity index (χ1v) is 5.84. The first kappa shape index (κ1) is 17.7. The molecule has 0 aromatic carbocycles. The van der Waals surface area contributed by atoms with Gasteiger partial charge < -0.3 is 7.43 Å². The van der Waals surface area contributed by atoms with E-state index in [1.165, 1.54) is 0 Å². The Morgan fingerprint density at radius 1 is 0.824 bits per heavy atom. The average Bonchev–Trinajstić information content (AvgIpc) is 2.45. The number of hydrogen-bond acceptors (Lipinski definition) is 1. The van der Waals surface area contributed by atoms with Crippen molar-refractivity contribution in [3.8, 4) is 5.82 Å². The number of hydrogen-bond donors (Lipinski definition) is 0. The Labute approximate surface area is 106 Å². The van der Waals surface area contributed by atoms with Gasteiger partial charge in [-0.05, 0) is 23.2 Å². The molecule has 0 saturated heterocycles. The summed E-state index contributed by atoms with van der Waals surface area (Å²) in [5.41, 5.74) is 0. The van der Waals surface area contributed by atoms with Crippen molar-refractivity contribution >= 4 is 0 Å². The molecule has 0 saturated carbocycles. The quantitative estimate of drug-likeness (QED) is 0.539. The van der Waals surface area contributed by atoms with E-state index in [1.54, 1.807) is 6.20 Å². The molecule has 2 aromatic rings. The van der Waals surface area contributed by atoms with Gasteiger partial charge in [-0.3, -0.25) is 0 Å². The second-order valence-electron chi connectivity index (χ2n) is 2.47. The molecule has 2 rings (SSSR count). The van der Waals surface area contributed by atoms with Gasteiger partial charge in [-0.2, -0.15) is 0 Å². The molecule has 0 bridgehead atoms. The largest absolute Gasteiger partial charge is 0.358 e. The molecule has 0 N–H and O–H groups in total. The Hall–Kier alpha value is -1.70. The third kappa shape index (κ3) is 6.46. The van der Waals surface area contributed by atoms with E-state index in [4.69, 9.17) is 0 Å². The molecule has 0 spiro atoms. The van der Waals surface area contributed by atoms with Crippen molar-refractivity contribution in [3.63, 3.8) is 0 Å². The summed E-state index contributed by atoms with van der Waals surface area (Å²) >= 11 is 0. The fourth-order valence-electron chi connectivity index (χ4n) is 1.06. The molecule has 0 aliphatic heterocycles. The summed E-state index contributed by atoms with van der Waals surface area (Å²) in [6.45, 7) is 8.00. The second kappa shape index (κ2) is 12.4. The SMILES string of the molecule is CC.CC.[CH3-].c1cc[n+](-c2ccccn2)cc1. The molecule has 2 heteroatoms. The van der Waals surface area contributed by atoms with Crippen LogP contribution in [0.5, 0.6) is 0 Å². The van der Waals surface area contributed by atoms with Gasteiger partial charge in [-0.1, -0.05) is 39.8 Å². The van der Waals surface area contributed by atoms with Crippen LogP contribution in [0.15, 0.2) is 55.0 Å². The van der Waals surface area contributed by atoms with Gasteiger partial charge in [0.2, 0.25) is 0 Å². The number of pyridine rings is 2. The van der Waals surface area contributed by atoms with Gasteiger partial charge in [0.25, 0.3) is 0 Å². The minimum Gasteiger partial charge on any atom is -0.358 e. The zero-order valence-corrected chi connectivity index (χ0v) is 11.6. The molecular formula is C15H24N2. The standard InChI is InChI=1S/C10H9N2.2C2H6.CH3/c1-4-8-12(9-5-1)10-6-2-3-7-11-10;2*1-2;/h1-9H;2*1-2H3;1H3/q+1;;;-1. The highest BCUT2D eigenvalue weighted by atomic mass is 15.0. The fraction of sp³-hybridized carbons (Fsp3) is 0.267. The van der Waals surface area contributed by atoms with Crippen molar-refractivity contribution in [2.75, 3.05) is 0 Å². The minimum atomic E-state index is 0. The normalized spacial score (nSPS) is 7.53. The summed E-state index contributed by atoms with van der Waals surface area (Å²) in [6.07, 6.45) is 5.74. The maximum Gasteiger partial charge on any atom is 0.327 e. The van der Waals surface area contributed by atoms with Gasteiger partial charge in [0.05, 0.1) is 12.4 Å². The van der Waals surface area contributed by atoms with E-state index in [0.29, 0.717) is 0 Å². The summed E-state index contributed by atoms with van der Waals surface area (Å²) in [5, 5.41) is 0. The smallest absolute Gasteiger partial charge is 0.327 e. The molecule has 2 nitrogen and oxygen atoms in total. The molecule has 94 valence electrons. The molecular weight excluding hydrogens is 208 g/mol. The Bertz CT molecular complexity index is 306.